The number of alkyl halides is 3. The fourth-order valence-corrected chi connectivity index (χ4v) is 4.11. The van der Waals surface area contributed by atoms with Gasteiger partial charge in [-0.25, -0.2) is 8.42 Å². The maximum atomic E-state index is 12.7. The second-order valence-electron chi connectivity index (χ2n) is 6.02. The van der Waals surface area contributed by atoms with Crippen LogP contribution in [-0.4, -0.2) is 14.3 Å². The third-order valence-electron chi connectivity index (χ3n) is 4.05. The maximum absolute atomic E-state index is 12.7. The third-order valence-corrected chi connectivity index (χ3v) is 5.73. The lowest BCUT2D eigenvalue weighted by Gasteiger charge is -2.14. The number of anilines is 2. The highest BCUT2D eigenvalue weighted by atomic mass is 35.5. The van der Waals surface area contributed by atoms with Crippen molar-refractivity contribution in [3.05, 3.63) is 52.5 Å². The van der Waals surface area contributed by atoms with Crippen molar-refractivity contribution in [2.45, 2.75) is 30.3 Å². The van der Waals surface area contributed by atoms with Crippen molar-refractivity contribution in [2.75, 3.05) is 10.0 Å². The van der Waals surface area contributed by atoms with Gasteiger partial charge in [0.05, 0.1) is 21.2 Å². The number of halogens is 4. The minimum atomic E-state index is -4.58. The molecule has 0 aliphatic carbocycles. The van der Waals surface area contributed by atoms with E-state index in [0.29, 0.717) is 36.6 Å². The standard InChI is InChI=1S/C17H14ClF3N2O3S/c18-13-9-11(17(19,20)21)4-6-15(13)23-27(25,26)12-5-7-14-10(8-12)2-1-3-16(24)22-14/h4-9,23H,1-3H2,(H,22,24). The highest BCUT2D eigenvalue weighted by Crippen LogP contribution is 2.34. The molecule has 1 amide bonds. The number of sulfonamides is 1. The molecule has 3 rings (SSSR count). The minimum Gasteiger partial charge on any atom is -0.326 e. The van der Waals surface area contributed by atoms with Crippen LogP contribution in [0.15, 0.2) is 41.3 Å². The SMILES string of the molecule is O=C1CCCc2cc(S(=O)(=O)Nc3ccc(C(F)(F)F)cc3Cl)ccc2N1. The van der Waals surface area contributed by atoms with Crippen LogP contribution in [0.2, 0.25) is 5.02 Å². The summed E-state index contributed by atoms with van der Waals surface area (Å²) >= 11 is 5.81. The van der Waals surface area contributed by atoms with E-state index in [4.69, 9.17) is 11.6 Å². The first kappa shape index (κ1) is 19.5. The quantitative estimate of drug-likeness (QED) is 0.774. The molecule has 5 nitrogen and oxygen atoms in total. The number of carbonyl (C=O) groups is 1. The highest BCUT2D eigenvalue weighted by Gasteiger charge is 2.31. The molecular formula is C17H14ClF3N2O3S. The summed E-state index contributed by atoms with van der Waals surface area (Å²) in [6, 6.07) is 6.60. The van der Waals surface area contributed by atoms with E-state index >= 15 is 0 Å². The van der Waals surface area contributed by atoms with Gasteiger partial charge in [0.1, 0.15) is 0 Å². The average molecular weight is 419 g/mol. The number of carbonyl (C=O) groups excluding carboxylic acids is 1. The summed E-state index contributed by atoms with van der Waals surface area (Å²) in [5.74, 6) is -0.140. The van der Waals surface area contributed by atoms with Crippen molar-refractivity contribution >= 4 is 38.9 Å². The van der Waals surface area contributed by atoms with Crippen molar-refractivity contribution in [1.82, 2.24) is 0 Å². The Kier molecular flexibility index (Phi) is 5.09. The monoisotopic (exact) mass is 418 g/mol. The third kappa shape index (κ3) is 4.36. The first-order chi connectivity index (χ1) is 12.6. The Hall–Kier alpha value is -2.26. The van der Waals surface area contributed by atoms with Gasteiger partial charge < -0.3 is 5.32 Å². The topological polar surface area (TPSA) is 75.3 Å². The predicted molar refractivity (Wildman–Crippen MR) is 95.3 cm³/mol. The molecule has 0 atom stereocenters. The van der Waals surface area contributed by atoms with Crippen molar-refractivity contribution in [3.63, 3.8) is 0 Å². The Labute approximate surface area is 158 Å². The smallest absolute Gasteiger partial charge is 0.326 e. The fourth-order valence-electron chi connectivity index (χ4n) is 2.70. The van der Waals surface area contributed by atoms with E-state index in [-0.39, 0.29) is 21.5 Å². The summed E-state index contributed by atoms with van der Waals surface area (Å²) < 4.78 is 65.5. The summed E-state index contributed by atoms with van der Waals surface area (Å²) in [4.78, 5) is 11.5. The van der Waals surface area contributed by atoms with Crippen molar-refractivity contribution in [2.24, 2.45) is 0 Å². The van der Waals surface area contributed by atoms with Gasteiger partial charge in [-0.1, -0.05) is 11.6 Å². The molecule has 0 unspecified atom stereocenters. The van der Waals surface area contributed by atoms with Crippen molar-refractivity contribution < 1.29 is 26.4 Å². The Morgan fingerprint density at radius 1 is 1.07 bits per heavy atom. The molecule has 27 heavy (non-hydrogen) atoms. The van der Waals surface area contributed by atoms with Gasteiger partial charge in [-0.2, -0.15) is 13.2 Å². The summed E-state index contributed by atoms with van der Waals surface area (Å²) in [6.07, 6.45) is -3.13. The first-order valence-corrected chi connectivity index (χ1v) is 9.75. The van der Waals surface area contributed by atoms with Gasteiger partial charge in [-0.15, -0.1) is 0 Å². The highest BCUT2D eigenvalue weighted by molar-refractivity contribution is 7.92. The summed E-state index contributed by atoms with van der Waals surface area (Å²) in [6.45, 7) is 0. The number of hydrogen-bond acceptors (Lipinski definition) is 3. The van der Waals surface area contributed by atoms with E-state index in [9.17, 15) is 26.4 Å². The second kappa shape index (κ2) is 7.05. The molecule has 0 saturated heterocycles. The van der Waals surface area contributed by atoms with E-state index in [0.717, 1.165) is 12.1 Å². The van der Waals surface area contributed by atoms with Gasteiger partial charge in [-0.05, 0) is 54.8 Å². The number of aryl methyl sites for hydroxylation is 1. The summed E-state index contributed by atoms with van der Waals surface area (Å²) in [5.41, 5.74) is 0.0791. The van der Waals surface area contributed by atoms with Gasteiger partial charge in [0.25, 0.3) is 10.0 Å². The van der Waals surface area contributed by atoms with Gasteiger partial charge in [0.15, 0.2) is 0 Å². The number of fused-ring (bicyclic) bond motifs is 1. The van der Waals surface area contributed by atoms with Crippen LogP contribution in [0, 0.1) is 0 Å². The van der Waals surface area contributed by atoms with Crippen LogP contribution >= 0.6 is 11.6 Å². The molecule has 0 radical (unpaired) electrons. The molecule has 0 spiro atoms. The molecule has 0 bridgehead atoms. The number of nitrogens with one attached hydrogen (secondary N) is 2. The maximum Gasteiger partial charge on any atom is 0.416 e. The lowest BCUT2D eigenvalue weighted by atomic mass is 10.1. The fraction of sp³-hybridized carbons (Fsp3) is 0.235. The Morgan fingerprint density at radius 3 is 2.48 bits per heavy atom. The van der Waals surface area contributed by atoms with Gasteiger partial charge in [0.2, 0.25) is 5.91 Å². The molecular weight excluding hydrogens is 405 g/mol. The minimum absolute atomic E-state index is 0.0756. The Morgan fingerprint density at radius 2 is 1.81 bits per heavy atom. The van der Waals surface area contributed by atoms with Crippen LogP contribution in [-0.2, 0) is 27.4 Å². The van der Waals surface area contributed by atoms with Crippen LogP contribution in [0.1, 0.15) is 24.0 Å². The number of rotatable bonds is 3. The van der Waals surface area contributed by atoms with Crippen molar-refractivity contribution in [1.29, 1.82) is 0 Å². The molecule has 2 aromatic carbocycles. The zero-order valence-corrected chi connectivity index (χ0v) is 15.3. The van der Waals surface area contributed by atoms with Crippen LogP contribution in [0.5, 0.6) is 0 Å². The Balaban J connectivity index is 1.89. The van der Waals surface area contributed by atoms with E-state index < -0.39 is 21.8 Å². The van der Waals surface area contributed by atoms with Crippen LogP contribution in [0.4, 0.5) is 24.5 Å². The zero-order chi connectivity index (χ0) is 19.8. The first-order valence-electron chi connectivity index (χ1n) is 7.88. The van der Waals surface area contributed by atoms with E-state index in [1.807, 2.05) is 0 Å². The molecule has 0 saturated carbocycles. The van der Waals surface area contributed by atoms with Crippen molar-refractivity contribution in [3.8, 4) is 0 Å². The molecule has 2 aromatic rings. The van der Waals surface area contributed by atoms with Crippen LogP contribution < -0.4 is 10.0 Å². The lowest BCUT2D eigenvalue weighted by molar-refractivity contribution is -0.137. The molecule has 0 fully saturated rings. The molecule has 144 valence electrons. The molecule has 1 heterocycles. The van der Waals surface area contributed by atoms with E-state index in [2.05, 4.69) is 10.0 Å². The number of amides is 1. The van der Waals surface area contributed by atoms with E-state index in [1.54, 1.807) is 0 Å². The molecule has 1 aliphatic heterocycles. The normalized spacial score (nSPS) is 14.9. The Bertz CT molecular complexity index is 1010. The summed E-state index contributed by atoms with van der Waals surface area (Å²) in [7, 11) is -4.07. The largest absolute Gasteiger partial charge is 0.416 e. The number of benzene rings is 2. The number of hydrogen-bond donors (Lipinski definition) is 2. The van der Waals surface area contributed by atoms with Gasteiger partial charge >= 0.3 is 6.18 Å². The van der Waals surface area contributed by atoms with Crippen LogP contribution in [0.3, 0.4) is 0 Å². The molecule has 1 aliphatic rings. The molecule has 10 heteroatoms. The average Bonchev–Trinajstić information content (AvgIpc) is 2.75. The molecule has 0 aromatic heterocycles. The van der Waals surface area contributed by atoms with Gasteiger partial charge in [-0.3, -0.25) is 9.52 Å². The zero-order valence-electron chi connectivity index (χ0n) is 13.7. The second-order valence-corrected chi connectivity index (χ2v) is 8.11. The van der Waals surface area contributed by atoms with Crippen LogP contribution in [0.25, 0.3) is 0 Å². The lowest BCUT2D eigenvalue weighted by Crippen LogP contribution is -2.15. The summed E-state index contributed by atoms with van der Waals surface area (Å²) in [5, 5.41) is 2.33. The predicted octanol–water partition coefficient (Wildman–Crippen LogP) is 4.43. The molecule has 2 N–H and O–H groups in total. The van der Waals surface area contributed by atoms with E-state index in [1.165, 1.54) is 18.2 Å². The van der Waals surface area contributed by atoms with Gasteiger partial charge in [0, 0.05) is 12.1 Å².